The van der Waals surface area contributed by atoms with E-state index in [0.29, 0.717) is 11.3 Å². The summed E-state index contributed by atoms with van der Waals surface area (Å²) in [7, 11) is 1.50. The second kappa shape index (κ2) is 4.41. The van der Waals surface area contributed by atoms with Crippen molar-refractivity contribution in [1.82, 2.24) is 0 Å². The lowest BCUT2D eigenvalue weighted by atomic mass is 10.1. The van der Waals surface area contributed by atoms with Crippen LogP contribution in [0.3, 0.4) is 0 Å². The van der Waals surface area contributed by atoms with E-state index in [9.17, 15) is 9.90 Å². The van der Waals surface area contributed by atoms with Crippen LogP contribution in [0.4, 0.5) is 0 Å². The Morgan fingerprint density at radius 2 is 2.07 bits per heavy atom. The Kier molecular flexibility index (Phi) is 3.23. The number of benzene rings is 1. The zero-order valence-electron chi connectivity index (χ0n) is 7.77. The highest BCUT2D eigenvalue weighted by atomic mass is 16.4. The molecule has 0 spiro atoms. The molecule has 0 saturated carbocycles. The summed E-state index contributed by atoms with van der Waals surface area (Å²) < 4.78 is 0. The van der Waals surface area contributed by atoms with E-state index in [1.807, 2.05) is 0 Å². The Labute approximate surface area is 81.5 Å². The van der Waals surface area contributed by atoms with Crippen LogP contribution in [0, 0.1) is 0 Å². The van der Waals surface area contributed by atoms with E-state index in [1.165, 1.54) is 13.1 Å². The number of carboxylic acids is 1. The van der Waals surface area contributed by atoms with Crippen LogP contribution in [0.1, 0.15) is 12.0 Å². The predicted molar refractivity (Wildman–Crippen MR) is 52.8 cm³/mol. The molecule has 2 N–H and O–H groups in total. The van der Waals surface area contributed by atoms with E-state index in [-0.39, 0.29) is 12.2 Å². The Morgan fingerprint density at radius 1 is 1.43 bits per heavy atom. The van der Waals surface area contributed by atoms with Crippen molar-refractivity contribution in [2.45, 2.75) is 6.42 Å². The Balaban J connectivity index is 3.02. The number of phenolic OH excluding ortho intramolecular Hbond substituents is 1. The van der Waals surface area contributed by atoms with E-state index in [4.69, 9.17) is 5.11 Å². The zero-order chi connectivity index (χ0) is 10.6. The van der Waals surface area contributed by atoms with Crippen molar-refractivity contribution in [3.05, 3.63) is 29.8 Å². The van der Waals surface area contributed by atoms with Gasteiger partial charge in [0.2, 0.25) is 0 Å². The quantitative estimate of drug-likeness (QED) is 0.710. The number of aliphatic imine (C=N–C) groups is 1. The molecular formula is C10H11NO3. The van der Waals surface area contributed by atoms with Gasteiger partial charge in [0.25, 0.3) is 0 Å². The standard InChI is InChI=1S/C10H11NO3/c1-11-8(6-10(13)14)7-4-2-3-5-9(7)12/h2-5,12H,6H2,1H3,(H,13,14). The molecule has 0 aliphatic carbocycles. The van der Waals surface area contributed by atoms with Crippen LogP contribution in [-0.2, 0) is 4.79 Å². The lowest BCUT2D eigenvalue weighted by Crippen LogP contribution is -2.08. The van der Waals surface area contributed by atoms with Gasteiger partial charge in [0, 0.05) is 12.6 Å². The minimum Gasteiger partial charge on any atom is -0.507 e. The first-order chi connectivity index (χ1) is 6.65. The fraction of sp³-hybridized carbons (Fsp3) is 0.200. The summed E-state index contributed by atoms with van der Waals surface area (Å²) in [5, 5.41) is 18.1. The highest BCUT2D eigenvalue weighted by Crippen LogP contribution is 2.17. The molecule has 14 heavy (non-hydrogen) atoms. The van der Waals surface area contributed by atoms with Crippen LogP contribution in [-0.4, -0.2) is 28.9 Å². The fourth-order valence-corrected chi connectivity index (χ4v) is 1.16. The van der Waals surface area contributed by atoms with Crippen LogP contribution in [0.25, 0.3) is 0 Å². The van der Waals surface area contributed by atoms with Crippen LogP contribution < -0.4 is 0 Å². The number of phenols is 1. The molecule has 0 radical (unpaired) electrons. The Bertz CT molecular complexity index is 371. The summed E-state index contributed by atoms with van der Waals surface area (Å²) in [6.45, 7) is 0. The smallest absolute Gasteiger partial charge is 0.309 e. The first-order valence-electron chi connectivity index (χ1n) is 4.11. The zero-order valence-corrected chi connectivity index (χ0v) is 7.77. The summed E-state index contributed by atoms with van der Waals surface area (Å²) in [5.41, 5.74) is 0.841. The van der Waals surface area contributed by atoms with E-state index in [1.54, 1.807) is 18.2 Å². The van der Waals surface area contributed by atoms with Crippen molar-refractivity contribution in [2.24, 2.45) is 4.99 Å². The van der Waals surface area contributed by atoms with Gasteiger partial charge in [-0.05, 0) is 12.1 Å². The number of carbonyl (C=O) groups is 1. The molecule has 4 nitrogen and oxygen atoms in total. The normalized spacial score (nSPS) is 11.4. The monoisotopic (exact) mass is 193 g/mol. The van der Waals surface area contributed by atoms with Crippen LogP contribution in [0.2, 0.25) is 0 Å². The van der Waals surface area contributed by atoms with Gasteiger partial charge in [0.15, 0.2) is 0 Å². The van der Waals surface area contributed by atoms with E-state index in [0.717, 1.165) is 0 Å². The third-order valence-electron chi connectivity index (χ3n) is 1.80. The topological polar surface area (TPSA) is 69.9 Å². The molecule has 1 aromatic rings. The van der Waals surface area contributed by atoms with Gasteiger partial charge in [-0.2, -0.15) is 0 Å². The van der Waals surface area contributed by atoms with Gasteiger partial charge in [-0.1, -0.05) is 12.1 Å². The second-order valence-corrected chi connectivity index (χ2v) is 2.76. The molecule has 0 aliphatic heterocycles. The highest BCUT2D eigenvalue weighted by Gasteiger charge is 2.10. The molecule has 0 aromatic heterocycles. The molecule has 0 atom stereocenters. The van der Waals surface area contributed by atoms with Crippen molar-refractivity contribution < 1.29 is 15.0 Å². The van der Waals surface area contributed by atoms with Crippen molar-refractivity contribution in [3.63, 3.8) is 0 Å². The maximum atomic E-state index is 10.5. The molecule has 0 unspecified atom stereocenters. The van der Waals surface area contributed by atoms with Gasteiger partial charge >= 0.3 is 5.97 Å². The van der Waals surface area contributed by atoms with Gasteiger partial charge in [-0.15, -0.1) is 0 Å². The second-order valence-electron chi connectivity index (χ2n) is 2.76. The molecule has 0 bridgehead atoms. The lowest BCUT2D eigenvalue weighted by Gasteiger charge is -2.04. The number of hydrogen-bond donors (Lipinski definition) is 2. The number of aliphatic carboxylic acids is 1. The van der Waals surface area contributed by atoms with Crippen molar-refractivity contribution >= 4 is 11.7 Å². The first kappa shape index (κ1) is 10.2. The third-order valence-corrected chi connectivity index (χ3v) is 1.80. The molecule has 0 amide bonds. The Morgan fingerprint density at radius 3 is 2.57 bits per heavy atom. The van der Waals surface area contributed by atoms with Gasteiger partial charge in [-0.25, -0.2) is 0 Å². The van der Waals surface area contributed by atoms with Crippen molar-refractivity contribution in [1.29, 1.82) is 0 Å². The third kappa shape index (κ3) is 2.32. The van der Waals surface area contributed by atoms with Gasteiger partial charge in [-0.3, -0.25) is 9.79 Å². The summed E-state index contributed by atoms with van der Waals surface area (Å²) in [6.07, 6.45) is -0.186. The molecule has 4 heteroatoms. The fourth-order valence-electron chi connectivity index (χ4n) is 1.16. The average Bonchev–Trinajstić information content (AvgIpc) is 2.15. The van der Waals surface area contributed by atoms with Gasteiger partial charge in [0.1, 0.15) is 5.75 Å². The Hall–Kier alpha value is -1.84. The largest absolute Gasteiger partial charge is 0.507 e. The number of aromatic hydroxyl groups is 1. The summed E-state index contributed by atoms with van der Waals surface area (Å²) in [5.74, 6) is -0.914. The first-order valence-corrected chi connectivity index (χ1v) is 4.11. The van der Waals surface area contributed by atoms with Crippen LogP contribution in [0.5, 0.6) is 5.75 Å². The minimum atomic E-state index is -0.964. The molecule has 74 valence electrons. The van der Waals surface area contributed by atoms with Crippen molar-refractivity contribution in [2.75, 3.05) is 7.05 Å². The van der Waals surface area contributed by atoms with E-state index < -0.39 is 5.97 Å². The average molecular weight is 193 g/mol. The molecule has 1 rings (SSSR count). The molecule has 0 heterocycles. The van der Waals surface area contributed by atoms with Crippen LogP contribution in [0.15, 0.2) is 29.3 Å². The number of para-hydroxylation sites is 1. The maximum Gasteiger partial charge on any atom is 0.309 e. The number of hydrogen-bond acceptors (Lipinski definition) is 3. The van der Waals surface area contributed by atoms with Gasteiger partial charge in [0.05, 0.1) is 12.1 Å². The molecular weight excluding hydrogens is 182 g/mol. The maximum absolute atomic E-state index is 10.5. The number of nitrogens with zero attached hydrogens (tertiary/aromatic N) is 1. The SMILES string of the molecule is CN=C(CC(=O)O)c1ccccc1O. The van der Waals surface area contributed by atoms with Gasteiger partial charge < -0.3 is 10.2 Å². The summed E-state index contributed by atoms with van der Waals surface area (Å²) >= 11 is 0. The van der Waals surface area contributed by atoms with Crippen LogP contribution >= 0.6 is 0 Å². The lowest BCUT2D eigenvalue weighted by molar-refractivity contribution is -0.135. The summed E-state index contributed by atoms with van der Waals surface area (Å²) in [6, 6.07) is 6.54. The number of carboxylic acid groups (broad SMARTS) is 1. The predicted octanol–water partition coefficient (Wildman–Crippen LogP) is 1.29. The van der Waals surface area contributed by atoms with E-state index >= 15 is 0 Å². The molecule has 0 saturated heterocycles. The minimum absolute atomic E-state index is 0.0503. The molecule has 1 aromatic carbocycles. The van der Waals surface area contributed by atoms with E-state index in [2.05, 4.69) is 4.99 Å². The number of rotatable bonds is 3. The van der Waals surface area contributed by atoms with Crippen molar-refractivity contribution in [3.8, 4) is 5.75 Å². The molecule has 0 fully saturated rings. The summed E-state index contributed by atoms with van der Waals surface area (Å²) in [4.78, 5) is 14.3. The molecule has 0 aliphatic rings. The highest BCUT2D eigenvalue weighted by molar-refractivity contribution is 6.10.